The van der Waals surface area contributed by atoms with Crippen molar-refractivity contribution in [3.05, 3.63) is 42.5 Å². The van der Waals surface area contributed by atoms with Crippen LogP contribution >= 0.6 is 0 Å². The molecule has 1 aliphatic rings. The number of fused-ring (bicyclic) bond motifs is 1. The van der Waals surface area contributed by atoms with Crippen molar-refractivity contribution in [2.45, 2.75) is 55.9 Å². The molecule has 25 heavy (non-hydrogen) atoms. The maximum absolute atomic E-state index is 12.5. The van der Waals surface area contributed by atoms with E-state index < -0.39 is 9.84 Å². The molecule has 3 rings (SSSR count). The van der Waals surface area contributed by atoms with Crippen molar-refractivity contribution in [1.29, 1.82) is 0 Å². The SMILES string of the molecule is O=C(CCS(=O)(=O)c1ccc2ccccc2c1)NC1CCCCCC1. The molecule has 0 atom stereocenters. The molecule has 0 heterocycles. The van der Waals surface area contributed by atoms with Gasteiger partial charge in [-0.25, -0.2) is 8.42 Å². The molecule has 1 amide bonds. The number of hydrogen-bond acceptors (Lipinski definition) is 3. The second kappa shape index (κ2) is 8.00. The Bertz CT molecular complexity index is 837. The molecule has 1 N–H and O–H groups in total. The van der Waals surface area contributed by atoms with Crippen LogP contribution in [0.4, 0.5) is 0 Å². The molecule has 2 aromatic carbocycles. The molecule has 5 heteroatoms. The first-order valence-corrected chi connectivity index (χ1v) is 10.7. The number of sulfone groups is 1. The number of carbonyl (C=O) groups excluding carboxylic acids is 1. The first-order valence-electron chi connectivity index (χ1n) is 9.05. The summed E-state index contributed by atoms with van der Waals surface area (Å²) in [4.78, 5) is 12.4. The largest absolute Gasteiger partial charge is 0.353 e. The summed E-state index contributed by atoms with van der Waals surface area (Å²) in [7, 11) is -3.46. The number of carbonyl (C=O) groups is 1. The third-order valence-electron chi connectivity index (χ3n) is 4.90. The quantitative estimate of drug-likeness (QED) is 0.825. The summed E-state index contributed by atoms with van der Waals surface area (Å²) in [5.41, 5.74) is 0. The summed E-state index contributed by atoms with van der Waals surface area (Å²) in [6, 6.07) is 13.0. The molecule has 1 aliphatic carbocycles. The van der Waals surface area contributed by atoms with Gasteiger partial charge in [0, 0.05) is 12.5 Å². The Morgan fingerprint density at radius 2 is 1.64 bits per heavy atom. The molecule has 0 spiro atoms. The van der Waals surface area contributed by atoms with Crippen LogP contribution in [0.2, 0.25) is 0 Å². The highest BCUT2D eigenvalue weighted by molar-refractivity contribution is 7.91. The van der Waals surface area contributed by atoms with Crippen LogP contribution in [0, 0.1) is 0 Å². The van der Waals surface area contributed by atoms with Gasteiger partial charge in [-0.1, -0.05) is 56.0 Å². The maximum atomic E-state index is 12.5. The fraction of sp³-hybridized carbons (Fsp3) is 0.450. The topological polar surface area (TPSA) is 63.2 Å². The van der Waals surface area contributed by atoms with Crippen LogP contribution in [0.15, 0.2) is 47.4 Å². The highest BCUT2D eigenvalue weighted by Gasteiger charge is 2.19. The first-order chi connectivity index (χ1) is 12.0. The molecule has 0 saturated heterocycles. The Labute approximate surface area is 149 Å². The second-order valence-corrected chi connectivity index (χ2v) is 8.94. The van der Waals surface area contributed by atoms with Gasteiger partial charge < -0.3 is 5.32 Å². The minimum absolute atomic E-state index is 0.0195. The Balaban J connectivity index is 1.61. The van der Waals surface area contributed by atoms with Gasteiger partial charge in [0.25, 0.3) is 0 Å². The van der Waals surface area contributed by atoms with E-state index in [0.717, 1.165) is 36.5 Å². The highest BCUT2D eigenvalue weighted by Crippen LogP contribution is 2.21. The average Bonchev–Trinajstić information content (AvgIpc) is 2.88. The zero-order valence-corrected chi connectivity index (χ0v) is 15.2. The molecule has 0 radical (unpaired) electrons. The van der Waals surface area contributed by atoms with Crippen molar-refractivity contribution >= 4 is 26.5 Å². The smallest absolute Gasteiger partial charge is 0.221 e. The zero-order valence-electron chi connectivity index (χ0n) is 14.4. The maximum Gasteiger partial charge on any atom is 0.221 e. The lowest BCUT2D eigenvalue weighted by Gasteiger charge is -2.16. The minimum Gasteiger partial charge on any atom is -0.353 e. The monoisotopic (exact) mass is 359 g/mol. The van der Waals surface area contributed by atoms with Crippen LogP contribution in [-0.2, 0) is 14.6 Å². The van der Waals surface area contributed by atoms with Gasteiger partial charge in [-0.05, 0) is 35.7 Å². The molecular weight excluding hydrogens is 334 g/mol. The van der Waals surface area contributed by atoms with Crippen molar-refractivity contribution in [3.8, 4) is 0 Å². The lowest BCUT2D eigenvalue weighted by Crippen LogP contribution is -2.35. The second-order valence-electron chi connectivity index (χ2n) is 6.83. The molecule has 4 nitrogen and oxygen atoms in total. The number of nitrogens with one attached hydrogen (secondary N) is 1. The van der Waals surface area contributed by atoms with Gasteiger partial charge in [0.15, 0.2) is 9.84 Å². The number of amides is 1. The summed E-state index contributed by atoms with van der Waals surface area (Å²) in [5, 5.41) is 4.91. The number of hydrogen-bond donors (Lipinski definition) is 1. The third kappa shape index (κ3) is 4.82. The highest BCUT2D eigenvalue weighted by atomic mass is 32.2. The Morgan fingerprint density at radius 3 is 2.36 bits per heavy atom. The van der Waals surface area contributed by atoms with Crippen LogP contribution in [0.1, 0.15) is 44.9 Å². The molecule has 0 bridgehead atoms. The third-order valence-corrected chi connectivity index (χ3v) is 6.61. The molecule has 2 aromatic rings. The molecule has 0 unspecified atom stereocenters. The van der Waals surface area contributed by atoms with Crippen molar-refractivity contribution in [1.82, 2.24) is 5.32 Å². The summed E-state index contributed by atoms with van der Waals surface area (Å²) < 4.78 is 25.1. The zero-order chi connectivity index (χ0) is 17.7. The number of benzene rings is 2. The van der Waals surface area contributed by atoms with E-state index in [9.17, 15) is 13.2 Å². The summed E-state index contributed by atoms with van der Waals surface area (Å²) in [5.74, 6) is -0.305. The van der Waals surface area contributed by atoms with Gasteiger partial charge in [0.1, 0.15) is 0 Å². The molecule has 1 saturated carbocycles. The summed E-state index contributed by atoms with van der Waals surface area (Å²) in [6.07, 6.45) is 6.75. The first kappa shape index (κ1) is 17.9. The standard InChI is InChI=1S/C20H25NO3S/c22-20(21-18-9-3-1-2-4-10-18)13-14-25(23,24)19-12-11-16-7-5-6-8-17(16)15-19/h5-8,11-12,15,18H,1-4,9-10,13-14H2,(H,21,22). The van der Waals surface area contributed by atoms with Gasteiger partial charge in [-0.15, -0.1) is 0 Å². The lowest BCUT2D eigenvalue weighted by molar-refractivity contribution is -0.121. The van der Waals surface area contributed by atoms with Crippen LogP contribution in [0.3, 0.4) is 0 Å². The van der Waals surface area contributed by atoms with Crippen molar-refractivity contribution in [3.63, 3.8) is 0 Å². The Kier molecular flexibility index (Phi) is 5.74. The van der Waals surface area contributed by atoms with Gasteiger partial charge in [-0.2, -0.15) is 0 Å². The lowest BCUT2D eigenvalue weighted by atomic mass is 10.1. The van der Waals surface area contributed by atoms with E-state index in [1.54, 1.807) is 12.1 Å². The van der Waals surface area contributed by atoms with E-state index in [1.165, 1.54) is 12.8 Å². The molecule has 134 valence electrons. The van der Waals surface area contributed by atoms with Gasteiger partial charge in [-0.3, -0.25) is 4.79 Å². The molecular formula is C20H25NO3S. The minimum atomic E-state index is -3.46. The van der Waals surface area contributed by atoms with E-state index in [-0.39, 0.29) is 29.0 Å². The Hall–Kier alpha value is -1.88. The molecule has 0 aromatic heterocycles. The number of rotatable bonds is 5. The van der Waals surface area contributed by atoms with Crippen LogP contribution < -0.4 is 5.32 Å². The van der Waals surface area contributed by atoms with E-state index in [0.29, 0.717) is 0 Å². The van der Waals surface area contributed by atoms with Gasteiger partial charge in [0.05, 0.1) is 10.6 Å². The van der Waals surface area contributed by atoms with Crippen molar-refractivity contribution in [2.24, 2.45) is 0 Å². The van der Waals surface area contributed by atoms with Gasteiger partial charge >= 0.3 is 0 Å². The van der Waals surface area contributed by atoms with E-state index >= 15 is 0 Å². The van der Waals surface area contributed by atoms with Crippen molar-refractivity contribution < 1.29 is 13.2 Å². The Morgan fingerprint density at radius 1 is 0.960 bits per heavy atom. The van der Waals surface area contributed by atoms with Gasteiger partial charge in [0.2, 0.25) is 5.91 Å². The predicted octanol–water partition coefficient (Wildman–Crippen LogP) is 3.84. The summed E-state index contributed by atoms with van der Waals surface area (Å²) >= 11 is 0. The van der Waals surface area contributed by atoms with Crippen LogP contribution in [0.5, 0.6) is 0 Å². The normalized spacial score (nSPS) is 16.5. The molecule has 0 aliphatic heterocycles. The summed E-state index contributed by atoms with van der Waals surface area (Å²) in [6.45, 7) is 0. The predicted molar refractivity (Wildman–Crippen MR) is 100 cm³/mol. The van der Waals surface area contributed by atoms with E-state index in [4.69, 9.17) is 0 Å². The fourth-order valence-corrected chi connectivity index (χ4v) is 4.70. The van der Waals surface area contributed by atoms with E-state index in [2.05, 4.69) is 5.32 Å². The molecule has 1 fully saturated rings. The average molecular weight is 359 g/mol. The van der Waals surface area contributed by atoms with Crippen LogP contribution in [0.25, 0.3) is 10.8 Å². The van der Waals surface area contributed by atoms with Crippen LogP contribution in [-0.4, -0.2) is 26.1 Å². The van der Waals surface area contributed by atoms with Crippen molar-refractivity contribution in [2.75, 3.05) is 5.75 Å². The van der Waals surface area contributed by atoms with E-state index in [1.807, 2.05) is 30.3 Å². The fourth-order valence-electron chi connectivity index (χ4n) is 3.43.